The fourth-order valence-corrected chi connectivity index (χ4v) is 11.9. The van der Waals surface area contributed by atoms with E-state index in [-0.39, 0.29) is 34.6 Å². The Balaban J connectivity index is 1.42. The minimum absolute atomic E-state index is 0.0257. The van der Waals surface area contributed by atoms with E-state index in [1.54, 1.807) is 7.11 Å². The van der Waals surface area contributed by atoms with Gasteiger partial charge in [0.1, 0.15) is 0 Å². The molecule has 0 aromatic heterocycles. The number of fused-ring (bicyclic) bond motifs is 6. The van der Waals surface area contributed by atoms with E-state index < -0.39 is 10.8 Å². The number of rotatable bonds is 9. The highest BCUT2D eigenvalue weighted by Gasteiger charge is 2.57. The second-order valence-electron chi connectivity index (χ2n) is 18.4. The maximum atomic E-state index is 13.7. The van der Waals surface area contributed by atoms with E-state index in [1.807, 2.05) is 0 Å². The second-order valence-corrected chi connectivity index (χ2v) is 18.4. The monoisotopic (exact) mass is 682 g/mol. The van der Waals surface area contributed by atoms with Crippen LogP contribution in [0.25, 0.3) is 0 Å². The van der Waals surface area contributed by atoms with Gasteiger partial charge in [-0.2, -0.15) is 0 Å². The normalized spacial score (nSPS) is 31.8. The Morgan fingerprint density at radius 2 is 1.18 bits per heavy atom. The molecule has 2 saturated carbocycles. The van der Waals surface area contributed by atoms with Crippen molar-refractivity contribution in [3.05, 3.63) is 68.8 Å². The Labute approximate surface area is 303 Å². The molecule has 0 bridgehead atoms. The number of carbonyl (C=O) groups excluding carboxylic acids is 2. The average molecular weight is 683 g/mol. The first-order valence-corrected chi connectivity index (χ1v) is 20.2. The van der Waals surface area contributed by atoms with Crippen molar-refractivity contribution in [1.29, 1.82) is 0 Å². The summed E-state index contributed by atoms with van der Waals surface area (Å²) < 4.78 is 11.4. The van der Waals surface area contributed by atoms with Crippen molar-refractivity contribution >= 4 is 11.9 Å². The molecule has 0 N–H and O–H groups in total. The van der Waals surface area contributed by atoms with Crippen LogP contribution in [-0.4, -0.2) is 25.7 Å². The van der Waals surface area contributed by atoms with Gasteiger partial charge in [0.05, 0.1) is 24.5 Å². The minimum atomic E-state index is -0.442. The first-order valence-electron chi connectivity index (χ1n) is 20.2. The number of ether oxygens (including phenoxy) is 2. The second kappa shape index (κ2) is 13.7. The molecule has 4 aliphatic rings. The van der Waals surface area contributed by atoms with Gasteiger partial charge in [0.25, 0.3) is 0 Å². The molecule has 2 fully saturated rings. The lowest BCUT2D eigenvalue weighted by Gasteiger charge is -2.54. The summed E-state index contributed by atoms with van der Waals surface area (Å²) in [5.74, 6) is 1.40. The predicted molar refractivity (Wildman–Crippen MR) is 204 cm³/mol. The summed E-state index contributed by atoms with van der Waals surface area (Å²) in [7, 11) is 1.56. The highest BCUT2D eigenvalue weighted by Crippen LogP contribution is 2.60. The van der Waals surface area contributed by atoms with Gasteiger partial charge in [0.15, 0.2) is 0 Å². The van der Waals surface area contributed by atoms with E-state index in [4.69, 9.17) is 9.47 Å². The molecule has 274 valence electrons. The number of hydrogen-bond acceptors (Lipinski definition) is 4. The van der Waals surface area contributed by atoms with Gasteiger partial charge in [0, 0.05) is 0 Å². The Morgan fingerprint density at radius 3 is 1.60 bits per heavy atom. The van der Waals surface area contributed by atoms with Crippen LogP contribution in [0.2, 0.25) is 0 Å². The Hall–Kier alpha value is -2.62. The zero-order chi connectivity index (χ0) is 36.2. The molecule has 50 heavy (non-hydrogen) atoms. The van der Waals surface area contributed by atoms with Gasteiger partial charge < -0.3 is 9.47 Å². The Bertz CT molecular complexity index is 1620. The lowest BCUT2D eigenvalue weighted by atomic mass is 9.49. The molecule has 0 spiro atoms. The fraction of sp³-hybridized carbons (Fsp3) is 0.696. The molecule has 0 heterocycles. The van der Waals surface area contributed by atoms with Crippen molar-refractivity contribution in [1.82, 2.24) is 0 Å². The molecule has 4 aliphatic carbocycles. The molecule has 0 amide bonds. The zero-order valence-electron chi connectivity index (χ0n) is 33.2. The van der Waals surface area contributed by atoms with Crippen molar-refractivity contribution in [3.8, 4) is 0 Å². The fourth-order valence-electron chi connectivity index (χ4n) is 11.9. The third kappa shape index (κ3) is 5.97. The zero-order valence-corrected chi connectivity index (χ0v) is 33.2. The molecule has 6 atom stereocenters. The predicted octanol–water partition coefficient (Wildman–Crippen LogP) is 11.1. The molecule has 2 aromatic rings. The summed E-state index contributed by atoms with van der Waals surface area (Å²) in [6.07, 6.45) is 13.2. The van der Waals surface area contributed by atoms with Crippen molar-refractivity contribution in [2.75, 3.05) is 13.7 Å². The molecule has 0 aliphatic heterocycles. The van der Waals surface area contributed by atoms with Crippen LogP contribution in [0.4, 0.5) is 0 Å². The topological polar surface area (TPSA) is 52.6 Å². The lowest BCUT2D eigenvalue weighted by molar-refractivity contribution is -0.164. The summed E-state index contributed by atoms with van der Waals surface area (Å²) >= 11 is 0. The van der Waals surface area contributed by atoms with Crippen LogP contribution < -0.4 is 0 Å². The van der Waals surface area contributed by atoms with Gasteiger partial charge in [0.2, 0.25) is 0 Å². The minimum Gasteiger partial charge on any atom is -0.469 e. The first kappa shape index (κ1) is 37.1. The van der Waals surface area contributed by atoms with Crippen LogP contribution in [0.3, 0.4) is 0 Å². The summed E-state index contributed by atoms with van der Waals surface area (Å²) in [5.41, 5.74) is 10.8. The van der Waals surface area contributed by atoms with Gasteiger partial charge in [-0.15, -0.1) is 0 Å². The molecule has 6 rings (SSSR count). The molecule has 0 saturated heterocycles. The van der Waals surface area contributed by atoms with Crippen LogP contribution in [0.1, 0.15) is 183 Å². The molecule has 0 radical (unpaired) electrons. The smallest absolute Gasteiger partial charge is 0.312 e. The number of aryl methyl sites for hydroxylation is 2. The average Bonchev–Trinajstić information content (AvgIpc) is 3.07. The summed E-state index contributed by atoms with van der Waals surface area (Å²) in [6.45, 7) is 21.4. The Morgan fingerprint density at radius 1 is 0.720 bits per heavy atom. The van der Waals surface area contributed by atoms with E-state index in [9.17, 15) is 9.59 Å². The number of carbonyl (C=O) groups is 2. The quantitative estimate of drug-likeness (QED) is 0.195. The van der Waals surface area contributed by atoms with Crippen LogP contribution in [0.15, 0.2) is 24.3 Å². The lowest BCUT2D eigenvalue weighted by Crippen LogP contribution is -2.53. The maximum Gasteiger partial charge on any atom is 0.312 e. The first-order chi connectivity index (χ1) is 23.6. The van der Waals surface area contributed by atoms with E-state index >= 15 is 0 Å². The number of methoxy groups -OCH3 is 1. The summed E-state index contributed by atoms with van der Waals surface area (Å²) in [6, 6.07) is 10.3. The standard InChI is InChI=1S/C46H66O4/c1-11-12-23-50-42(48)46(9)22-14-20-44(7)38-28-34(36(30(4)5)26-32(38)16-18-40(44)46)24-33-27-37-31(25-35(33)29(2)3)15-17-39-43(37,6)19-13-21-45(39,8)41(47)49-10/h25-30,39-40H,11-24H2,1-10H3. The van der Waals surface area contributed by atoms with Crippen LogP contribution >= 0.6 is 0 Å². The maximum absolute atomic E-state index is 13.7. The number of benzene rings is 2. The van der Waals surface area contributed by atoms with E-state index in [0.29, 0.717) is 18.4 Å². The van der Waals surface area contributed by atoms with E-state index in [2.05, 4.69) is 86.6 Å². The van der Waals surface area contributed by atoms with Crippen molar-refractivity contribution in [2.45, 2.75) is 168 Å². The van der Waals surface area contributed by atoms with Gasteiger partial charge in [-0.1, -0.05) is 92.0 Å². The van der Waals surface area contributed by atoms with Gasteiger partial charge in [-0.25, -0.2) is 0 Å². The van der Waals surface area contributed by atoms with Crippen molar-refractivity contribution in [2.24, 2.45) is 22.7 Å². The molecule has 4 heteroatoms. The van der Waals surface area contributed by atoms with Gasteiger partial charge >= 0.3 is 11.9 Å². The van der Waals surface area contributed by atoms with Crippen molar-refractivity contribution < 1.29 is 19.1 Å². The molecular weight excluding hydrogens is 617 g/mol. The third-order valence-corrected chi connectivity index (χ3v) is 14.7. The van der Waals surface area contributed by atoms with Crippen LogP contribution in [0, 0.1) is 22.7 Å². The largest absolute Gasteiger partial charge is 0.469 e. The number of hydrogen-bond donors (Lipinski definition) is 0. The van der Waals surface area contributed by atoms with E-state index in [1.165, 1.54) is 44.5 Å². The Kier molecular flexibility index (Phi) is 10.2. The van der Waals surface area contributed by atoms with Crippen LogP contribution in [0.5, 0.6) is 0 Å². The summed E-state index contributed by atoms with van der Waals surface area (Å²) in [5, 5.41) is 0. The van der Waals surface area contributed by atoms with E-state index in [0.717, 1.165) is 83.5 Å². The number of unbranched alkanes of at least 4 members (excludes halogenated alkanes) is 1. The highest BCUT2D eigenvalue weighted by molar-refractivity contribution is 5.78. The molecule has 2 aromatic carbocycles. The third-order valence-electron chi connectivity index (χ3n) is 14.7. The highest BCUT2D eigenvalue weighted by atomic mass is 16.5. The van der Waals surface area contributed by atoms with Crippen LogP contribution in [-0.2, 0) is 49.2 Å². The number of esters is 2. The van der Waals surface area contributed by atoms with Gasteiger partial charge in [-0.3, -0.25) is 9.59 Å². The molecule has 4 nitrogen and oxygen atoms in total. The summed E-state index contributed by atoms with van der Waals surface area (Å²) in [4.78, 5) is 27.0. The SMILES string of the molecule is CCCCOC(=O)C1(C)CCCC2(C)c3cc(Cc4cc5c(cc4C(C)C)CCC4C(C)(C(=O)OC)CCCC54C)c(C(C)C)cc3CCC12. The van der Waals surface area contributed by atoms with Crippen molar-refractivity contribution in [3.63, 3.8) is 0 Å². The molecular formula is C46H66O4. The molecule has 6 unspecified atom stereocenters. The van der Waals surface area contributed by atoms with Gasteiger partial charge in [-0.05, 0) is 157 Å².